The average molecular weight is 490 g/mol. The van der Waals surface area contributed by atoms with E-state index in [0.717, 1.165) is 12.8 Å². The van der Waals surface area contributed by atoms with Gasteiger partial charge in [0, 0.05) is 36.8 Å². The summed E-state index contributed by atoms with van der Waals surface area (Å²) in [7, 11) is -1.42. The van der Waals surface area contributed by atoms with Gasteiger partial charge in [-0.05, 0) is 37.7 Å². The van der Waals surface area contributed by atoms with E-state index in [9.17, 15) is 18.3 Å². The van der Waals surface area contributed by atoms with Crippen LogP contribution in [0.1, 0.15) is 25.0 Å². The Morgan fingerprint density at radius 2 is 1.94 bits per heavy atom. The van der Waals surface area contributed by atoms with E-state index >= 15 is 0 Å². The van der Waals surface area contributed by atoms with E-state index in [2.05, 4.69) is 28.7 Å². The third-order valence-electron chi connectivity index (χ3n) is 6.01. The van der Waals surface area contributed by atoms with E-state index in [1.807, 2.05) is 32.2 Å². The average Bonchev–Trinajstić information content (AvgIpc) is 2.81. The Labute approximate surface area is 202 Å². The van der Waals surface area contributed by atoms with Gasteiger partial charge in [-0.3, -0.25) is 14.4 Å². The number of aliphatic hydroxyl groups is 1. The van der Waals surface area contributed by atoms with Gasteiger partial charge in [0.1, 0.15) is 11.9 Å². The number of ether oxygens (including phenoxy) is 1. The number of benzene rings is 2. The Morgan fingerprint density at radius 1 is 1.24 bits per heavy atom. The largest absolute Gasteiger partial charge is 0.488 e. The van der Waals surface area contributed by atoms with Gasteiger partial charge in [-0.1, -0.05) is 37.3 Å². The normalized spacial score (nSPS) is 20.1. The first kappa shape index (κ1) is 26.0. The van der Waals surface area contributed by atoms with Crippen molar-refractivity contribution in [2.24, 2.45) is 5.92 Å². The van der Waals surface area contributed by atoms with Gasteiger partial charge in [-0.2, -0.15) is 0 Å². The maximum absolute atomic E-state index is 13.2. The van der Waals surface area contributed by atoms with Crippen molar-refractivity contribution in [2.45, 2.75) is 39.0 Å². The molecule has 0 unspecified atom stereocenters. The minimum atomic E-state index is -3.46. The highest BCUT2D eigenvalue weighted by molar-refractivity contribution is 7.92. The molecule has 2 aromatic rings. The van der Waals surface area contributed by atoms with Gasteiger partial charge < -0.3 is 14.7 Å². The summed E-state index contributed by atoms with van der Waals surface area (Å²) in [5.74, 6) is 0.430. The molecule has 34 heavy (non-hydrogen) atoms. The Morgan fingerprint density at radius 3 is 2.59 bits per heavy atom. The van der Waals surface area contributed by atoms with Crippen LogP contribution in [0, 0.1) is 5.92 Å². The van der Waals surface area contributed by atoms with Crippen LogP contribution in [-0.4, -0.2) is 74.4 Å². The highest BCUT2D eigenvalue weighted by Crippen LogP contribution is 2.29. The molecule has 1 heterocycles. The zero-order valence-electron chi connectivity index (χ0n) is 20.3. The predicted octanol–water partition coefficient (Wildman–Crippen LogP) is 2.34. The van der Waals surface area contributed by atoms with Crippen LogP contribution >= 0.6 is 0 Å². The number of carbonyl (C=O) groups excluding carboxylic acids is 1. The van der Waals surface area contributed by atoms with Gasteiger partial charge in [0.15, 0.2) is 0 Å². The molecule has 3 rings (SSSR count). The minimum Gasteiger partial charge on any atom is -0.488 e. The highest BCUT2D eigenvalue weighted by atomic mass is 32.2. The van der Waals surface area contributed by atoms with Crippen LogP contribution in [0.15, 0.2) is 48.5 Å². The molecular weight excluding hydrogens is 454 g/mol. The Kier molecular flexibility index (Phi) is 8.57. The number of hydrogen-bond acceptors (Lipinski definition) is 6. The Hall–Kier alpha value is -2.62. The van der Waals surface area contributed by atoms with Crippen molar-refractivity contribution < 1.29 is 23.1 Å². The van der Waals surface area contributed by atoms with Gasteiger partial charge in [0.25, 0.3) is 0 Å². The summed E-state index contributed by atoms with van der Waals surface area (Å²) in [4.78, 5) is 17.1. The van der Waals surface area contributed by atoms with Crippen LogP contribution in [0.2, 0.25) is 0 Å². The molecule has 0 radical (unpaired) electrons. The molecule has 0 saturated heterocycles. The lowest BCUT2D eigenvalue weighted by Gasteiger charge is -2.34. The van der Waals surface area contributed by atoms with Crippen LogP contribution in [-0.2, 0) is 27.8 Å². The number of rotatable bonds is 8. The number of nitrogens with one attached hydrogen (secondary N) is 1. The molecule has 1 aliphatic rings. The molecule has 0 bridgehead atoms. The smallest absolute Gasteiger partial charge is 0.229 e. The van der Waals surface area contributed by atoms with Crippen LogP contribution in [0.3, 0.4) is 0 Å². The topological polar surface area (TPSA) is 99.2 Å². The first-order valence-electron chi connectivity index (χ1n) is 11.5. The quantitative estimate of drug-likeness (QED) is 0.591. The second-order valence-electron chi connectivity index (χ2n) is 9.27. The van der Waals surface area contributed by atoms with Crippen LogP contribution < -0.4 is 9.46 Å². The van der Waals surface area contributed by atoms with E-state index in [-0.39, 0.29) is 37.0 Å². The first-order valence-corrected chi connectivity index (χ1v) is 13.3. The molecule has 3 atom stereocenters. The van der Waals surface area contributed by atoms with E-state index in [0.29, 0.717) is 30.1 Å². The van der Waals surface area contributed by atoms with Crippen LogP contribution in [0.4, 0.5) is 5.69 Å². The molecule has 1 amide bonds. The number of sulfonamides is 1. The van der Waals surface area contributed by atoms with Crippen molar-refractivity contribution in [1.29, 1.82) is 0 Å². The number of nitrogens with zero attached hydrogens (tertiary/aromatic N) is 2. The highest BCUT2D eigenvalue weighted by Gasteiger charge is 2.31. The molecule has 0 fully saturated rings. The standard InChI is InChI=1S/C25H35N3O5S/c1-18-14-28(19(2)17-29)25(30)13-21-12-22(26-34(4,31)32)10-11-23(21)33-24(18)16-27(3)15-20-8-6-5-7-9-20/h5-12,18-19,24,26,29H,13-17H2,1-4H3/t18-,19-,24+/m0/s1. The summed E-state index contributed by atoms with van der Waals surface area (Å²) in [5.41, 5.74) is 2.19. The van der Waals surface area contributed by atoms with Crippen molar-refractivity contribution >= 4 is 21.6 Å². The van der Waals surface area contributed by atoms with Crippen LogP contribution in [0.5, 0.6) is 5.75 Å². The molecule has 2 aromatic carbocycles. The summed E-state index contributed by atoms with van der Waals surface area (Å²) in [6, 6.07) is 14.9. The number of fused-ring (bicyclic) bond motifs is 1. The molecule has 1 aliphatic heterocycles. The number of anilines is 1. The summed E-state index contributed by atoms with van der Waals surface area (Å²) < 4.78 is 32.4. The molecule has 8 nitrogen and oxygen atoms in total. The van der Waals surface area contributed by atoms with Crippen molar-refractivity contribution in [1.82, 2.24) is 9.80 Å². The maximum Gasteiger partial charge on any atom is 0.229 e. The molecule has 0 aromatic heterocycles. The Balaban J connectivity index is 1.91. The van der Waals surface area contributed by atoms with Crippen LogP contribution in [0.25, 0.3) is 0 Å². The number of hydrogen-bond donors (Lipinski definition) is 2. The van der Waals surface area contributed by atoms with E-state index in [1.54, 1.807) is 23.1 Å². The minimum absolute atomic E-state index is 0.00376. The van der Waals surface area contributed by atoms with Gasteiger partial charge in [-0.25, -0.2) is 8.42 Å². The molecule has 9 heteroatoms. The van der Waals surface area contributed by atoms with E-state index in [1.165, 1.54) is 5.56 Å². The molecule has 2 N–H and O–H groups in total. The molecule has 0 aliphatic carbocycles. The predicted molar refractivity (Wildman–Crippen MR) is 133 cm³/mol. The Bertz CT molecular complexity index is 1080. The number of carbonyl (C=O) groups is 1. The lowest BCUT2D eigenvalue weighted by Crippen LogP contribution is -2.47. The maximum atomic E-state index is 13.2. The summed E-state index contributed by atoms with van der Waals surface area (Å²) >= 11 is 0. The SMILES string of the molecule is C[C@H]1CN([C@@H](C)CO)C(=O)Cc2cc(NS(C)(=O)=O)ccc2O[C@@H]1CN(C)Cc1ccccc1. The number of amides is 1. The number of aliphatic hydroxyl groups excluding tert-OH is 1. The van der Waals surface area contributed by atoms with Crippen molar-refractivity contribution in [3.05, 3.63) is 59.7 Å². The zero-order chi connectivity index (χ0) is 24.9. The summed E-state index contributed by atoms with van der Waals surface area (Å²) in [5, 5.41) is 9.76. The zero-order valence-corrected chi connectivity index (χ0v) is 21.1. The lowest BCUT2D eigenvalue weighted by molar-refractivity contribution is -0.134. The third-order valence-corrected chi connectivity index (χ3v) is 6.61. The molecule has 0 spiro atoms. The monoisotopic (exact) mass is 489 g/mol. The van der Waals surface area contributed by atoms with Gasteiger partial charge in [0.05, 0.1) is 25.3 Å². The molecular formula is C25H35N3O5S. The van der Waals surface area contributed by atoms with Gasteiger partial charge in [0.2, 0.25) is 15.9 Å². The first-order chi connectivity index (χ1) is 16.1. The van der Waals surface area contributed by atoms with Gasteiger partial charge >= 0.3 is 0 Å². The third kappa shape index (κ3) is 7.19. The fourth-order valence-corrected chi connectivity index (χ4v) is 4.75. The lowest BCUT2D eigenvalue weighted by atomic mass is 10.0. The summed E-state index contributed by atoms with van der Waals surface area (Å²) in [6.45, 7) is 5.58. The van der Waals surface area contributed by atoms with Gasteiger partial charge in [-0.15, -0.1) is 0 Å². The second kappa shape index (κ2) is 11.2. The van der Waals surface area contributed by atoms with Crippen molar-refractivity contribution in [3.63, 3.8) is 0 Å². The fourth-order valence-electron chi connectivity index (χ4n) is 4.19. The number of likely N-dealkylation sites (N-methyl/N-ethyl adjacent to an activating group) is 1. The fraction of sp³-hybridized carbons (Fsp3) is 0.480. The molecule has 0 saturated carbocycles. The summed E-state index contributed by atoms with van der Waals surface area (Å²) in [6.07, 6.45) is 0.917. The second-order valence-corrected chi connectivity index (χ2v) is 11.0. The van der Waals surface area contributed by atoms with E-state index in [4.69, 9.17) is 4.74 Å². The van der Waals surface area contributed by atoms with E-state index < -0.39 is 10.0 Å². The van der Waals surface area contributed by atoms with Crippen molar-refractivity contribution in [3.8, 4) is 5.75 Å². The van der Waals surface area contributed by atoms with Crippen molar-refractivity contribution in [2.75, 3.05) is 37.7 Å². The molecule has 186 valence electrons.